The lowest BCUT2D eigenvalue weighted by Crippen LogP contribution is -2.34. The summed E-state index contributed by atoms with van der Waals surface area (Å²) in [6.45, 7) is 0.437. The molecule has 0 radical (unpaired) electrons. The molecule has 1 heterocycles. The van der Waals surface area contributed by atoms with Gasteiger partial charge in [-0.2, -0.15) is 0 Å². The van der Waals surface area contributed by atoms with Gasteiger partial charge in [-0.05, 0) is 68.0 Å². The van der Waals surface area contributed by atoms with E-state index in [0.29, 0.717) is 12.1 Å². The first-order valence-electron chi connectivity index (χ1n) is 9.23. The second-order valence-corrected chi connectivity index (χ2v) is 10.0. The Morgan fingerprint density at radius 1 is 1.16 bits per heavy atom. The maximum Gasteiger partial charge on any atom is 0.261 e. The van der Waals surface area contributed by atoms with Crippen LogP contribution in [-0.2, 0) is 10.0 Å². The van der Waals surface area contributed by atoms with Gasteiger partial charge in [0.25, 0.3) is 15.9 Å². The van der Waals surface area contributed by atoms with E-state index in [1.165, 1.54) is 24.3 Å². The van der Waals surface area contributed by atoms with E-state index in [9.17, 15) is 17.6 Å². The molecule has 6 nitrogen and oxygen atoms in total. The number of amides is 1. The minimum absolute atomic E-state index is 0.0533. The molecule has 2 N–H and O–H groups in total. The van der Waals surface area contributed by atoms with E-state index in [-0.39, 0.29) is 27.6 Å². The molecule has 0 saturated carbocycles. The topological polar surface area (TPSA) is 78.5 Å². The molecule has 164 valence electrons. The summed E-state index contributed by atoms with van der Waals surface area (Å²) in [5.74, 6) is -0.963. The number of halogens is 2. The van der Waals surface area contributed by atoms with Gasteiger partial charge in [0.2, 0.25) is 0 Å². The van der Waals surface area contributed by atoms with Crippen LogP contribution >= 0.6 is 22.9 Å². The first-order chi connectivity index (χ1) is 14.7. The van der Waals surface area contributed by atoms with E-state index >= 15 is 0 Å². The second kappa shape index (κ2) is 9.78. The van der Waals surface area contributed by atoms with Gasteiger partial charge in [0.15, 0.2) is 0 Å². The number of likely N-dealkylation sites (N-methyl/N-ethyl adjacent to an activating group) is 1. The van der Waals surface area contributed by atoms with Crippen LogP contribution in [0.2, 0.25) is 5.02 Å². The lowest BCUT2D eigenvalue weighted by atomic mass is 10.1. The molecule has 1 atom stereocenters. The highest BCUT2D eigenvalue weighted by molar-refractivity contribution is 7.92. The molecule has 1 aromatic heterocycles. The number of hydrogen-bond donors (Lipinski definition) is 2. The van der Waals surface area contributed by atoms with Gasteiger partial charge in [0.05, 0.1) is 16.0 Å². The van der Waals surface area contributed by atoms with Gasteiger partial charge in [-0.15, -0.1) is 11.3 Å². The summed E-state index contributed by atoms with van der Waals surface area (Å²) in [7, 11) is -0.0475. The van der Waals surface area contributed by atoms with E-state index in [1.54, 1.807) is 11.3 Å². The van der Waals surface area contributed by atoms with Crippen LogP contribution < -0.4 is 10.0 Å². The van der Waals surface area contributed by atoms with Crippen molar-refractivity contribution in [3.05, 3.63) is 81.3 Å². The molecular weight excluding hydrogens is 461 g/mol. The van der Waals surface area contributed by atoms with Gasteiger partial charge in [0, 0.05) is 22.7 Å². The van der Waals surface area contributed by atoms with Gasteiger partial charge in [-0.1, -0.05) is 17.7 Å². The van der Waals surface area contributed by atoms with Crippen molar-refractivity contribution in [1.29, 1.82) is 0 Å². The standard InChI is InChI=1S/C21H21ClFN3O3S2/c1-26(2)19(20-4-3-11-30-20)13-24-21(27)14-5-7-15(8-6-14)25-31(28,29)16-9-10-18(23)17(22)12-16/h3-12,19,25H,13H2,1-2H3,(H,24,27). The fourth-order valence-corrected chi connectivity index (χ4v) is 5.11. The number of nitrogens with zero attached hydrogens (tertiary/aromatic N) is 1. The van der Waals surface area contributed by atoms with Gasteiger partial charge < -0.3 is 10.2 Å². The first-order valence-corrected chi connectivity index (χ1v) is 12.0. The fourth-order valence-electron chi connectivity index (χ4n) is 2.86. The molecule has 0 aliphatic heterocycles. The number of thiophene rings is 1. The molecule has 0 bridgehead atoms. The first kappa shape index (κ1) is 23.2. The Morgan fingerprint density at radius 3 is 2.45 bits per heavy atom. The number of carbonyl (C=O) groups excluding carboxylic acids is 1. The van der Waals surface area contributed by atoms with Crippen LogP contribution in [0.4, 0.5) is 10.1 Å². The monoisotopic (exact) mass is 481 g/mol. The molecule has 0 fully saturated rings. The lowest BCUT2D eigenvalue weighted by Gasteiger charge is -2.23. The van der Waals surface area contributed by atoms with Gasteiger partial charge >= 0.3 is 0 Å². The summed E-state index contributed by atoms with van der Waals surface area (Å²) in [6.07, 6.45) is 0. The smallest absolute Gasteiger partial charge is 0.261 e. The Labute approximate surface area is 189 Å². The van der Waals surface area contributed by atoms with Gasteiger partial charge in [0.1, 0.15) is 5.82 Å². The number of carbonyl (C=O) groups is 1. The average molecular weight is 482 g/mol. The zero-order valence-corrected chi connectivity index (χ0v) is 19.2. The number of anilines is 1. The maximum atomic E-state index is 13.3. The van der Waals surface area contributed by atoms with Crippen molar-refractivity contribution < 1.29 is 17.6 Å². The summed E-state index contributed by atoms with van der Waals surface area (Å²) in [5, 5.41) is 4.62. The molecule has 10 heteroatoms. The summed E-state index contributed by atoms with van der Waals surface area (Å²) >= 11 is 7.30. The van der Waals surface area contributed by atoms with Crippen LogP contribution in [0.3, 0.4) is 0 Å². The highest BCUT2D eigenvalue weighted by atomic mass is 35.5. The highest BCUT2D eigenvalue weighted by Crippen LogP contribution is 2.23. The van der Waals surface area contributed by atoms with E-state index in [4.69, 9.17) is 11.6 Å². The SMILES string of the molecule is CN(C)C(CNC(=O)c1ccc(NS(=O)(=O)c2ccc(F)c(Cl)c2)cc1)c1cccs1. The van der Waals surface area contributed by atoms with E-state index in [0.717, 1.165) is 23.1 Å². The summed E-state index contributed by atoms with van der Waals surface area (Å²) in [4.78, 5) is 15.5. The van der Waals surface area contributed by atoms with Crippen molar-refractivity contribution in [2.24, 2.45) is 0 Å². The van der Waals surface area contributed by atoms with Gasteiger partial charge in [-0.3, -0.25) is 9.52 Å². The van der Waals surface area contributed by atoms with Crippen LogP contribution in [0.1, 0.15) is 21.3 Å². The third kappa shape index (κ3) is 5.82. The van der Waals surface area contributed by atoms with Crippen molar-refractivity contribution >= 4 is 44.6 Å². The summed E-state index contributed by atoms with van der Waals surface area (Å²) in [5.41, 5.74) is 0.665. The maximum absolute atomic E-state index is 13.3. The van der Waals surface area contributed by atoms with Crippen molar-refractivity contribution in [2.75, 3.05) is 25.4 Å². The molecule has 1 unspecified atom stereocenters. The molecular formula is C21H21ClFN3O3S2. The van der Waals surface area contributed by atoms with Crippen molar-refractivity contribution in [1.82, 2.24) is 10.2 Å². The fraction of sp³-hybridized carbons (Fsp3) is 0.190. The van der Waals surface area contributed by atoms with E-state index < -0.39 is 15.8 Å². The number of sulfonamides is 1. The minimum Gasteiger partial charge on any atom is -0.350 e. The number of hydrogen-bond acceptors (Lipinski definition) is 5. The molecule has 1 amide bonds. The van der Waals surface area contributed by atoms with Crippen molar-refractivity contribution in [2.45, 2.75) is 10.9 Å². The Balaban J connectivity index is 1.65. The average Bonchev–Trinajstić information content (AvgIpc) is 3.24. The molecule has 2 aromatic carbocycles. The molecule has 0 saturated heterocycles. The number of rotatable bonds is 8. The van der Waals surface area contributed by atoms with Gasteiger partial charge in [-0.25, -0.2) is 12.8 Å². The third-order valence-corrected chi connectivity index (χ3v) is 7.19. The molecule has 0 aliphatic carbocycles. The zero-order chi connectivity index (χ0) is 22.6. The zero-order valence-electron chi connectivity index (χ0n) is 16.8. The predicted octanol–water partition coefficient (Wildman–Crippen LogP) is 4.37. The Bertz CT molecular complexity index is 1150. The molecule has 31 heavy (non-hydrogen) atoms. The van der Waals surface area contributed by atoms with E-state index in [2.05, 4.69) is 10.0 Å². The lowest BCUT2D eigenvalue weighted by molar-refractivity contribution is 0.0942. The largest absolute Gasteiger partial charge is 0.350 e. The molecule has 3 rings (SSSR count). The highest BCUT2D eigenvalue weighted by Gasteiger charge is 2.18. The number of nitrogens with one attached hydrogen (secondary N) is 2. The number of benzene rings is 2. The molecule has 3 aromatic rings. The van der Waals surface area contributed by atoms with Crippen LogP contribution in [0.15, 0.2) is 64.9 Å². The normalized spacial score (nSPS) is 12.5. The Kier molecular flexibility index (Phi) is 7.32. The Morgan fingerprint density at radius 2 is 1.87 bits per heavy atom. The Hall–Kier alpha value is -2.46. The van der Waals surface area contributed by atoms with Crippen LogP contribution in [-0.4, -0.2) is 39.9 Å². The quantitative estimate of drug-likeness (QED) is 0.500. The summed E-state index contributed by atoms with van der Waals surface area (Å²) < 4.78 is 40.6. The van der Waals surface area contributed by atoms with Crippen LogP contribution in [0.5, 0.6) is 0 Å². The predicted molar refractivity (Wildman–Crippen MR) is 122 cm³/mol. The second-order valence-electron chi connectivity index (χ2n) is 6.96. The third-order valence-electron chi connectivity index (χ3n) is 4.55. The van der Waals surface area contributed by atoms with Crippen LogP contribution in [0.25, 0.3) is 0 Å². The van der Waals surface area contributed by atoms with Crippen LogP contribution in [0, 0.1) is 5.82 Å². The molecule has 0 spiro atoms. The van der Waals surface area contributed by atoms with Crippen molar-refractivity contribution in [3.63, 3.8) is 0 Å². The van der Waals surface area contributed by atoms with Crippen molar-refractivity contribution in [3.8, 4) is 0 Å². The van der Waals surface area contributed by atoms with E-state index in [1.807, 2.05) is 36.5 Å². The molecule has 0 aliphatic rings. The minimum atomic E-state index is -3.95. The summed E-state index contributed by atoms with van der Waals surface area (Å²) in [6, 6.07) is 13.2.